The van der Waals surface area contributed by atoms with Crippen molar-refractivity contribution >= 4 is 18.5 Å². The number of ether oxygens (including phenoxy) is 2. The fourth-order valence-electron chi connectivity index (χ4n) is 1.23. The van der Waals surface area contributed by atoms with Gasteiger partial charge in [-0.1, -0.05) is 0 Å². The molecule has 0 unspecified atom stereocenters. The Balaban J connectivity index is 0. The molecule has 0 rings (SSSR count). The first-order chi connectivity index (χ1) is 11.6. The van der Waals surface area contributed by atoms with Crippen LogP contribution in [0.15, 0.2) is 0 Å². The van der Waals surface area contributed by atoms with Crippen LogP contribution in [-0.2, 0) is 14.3 Å². The van der Waals surface area contributed by atoms with Crippen LogP contribution < -0.4 is 0 Å². The van der Waals surface area contributed by atoms with Crippen molar-refractivity contribution in [2.45, 2.75) is 78.7 Å². The van der Waals surface area contributed by atoms with Crippen LogP contribution in [0.2, 0.25) is 0 Å². The van der Waals surface area contributed by atoms with Gasteiger partial charge in [0.05, 0.1) is 18.7 Å². The number of nitrogens with zero attached hydrogens (tertiary/aromatic N) is 2. The maximum absolute atomic E-state index is 11.4. The fraction of sp³-hybridized carbons (Fsp3) is 0.833. The predicted octanol–water partition coefficient (Wildman–Crippen LogP) is 2.67. The van der Waals surface area contributed by atoms with Crippen LogP contribution in [0.4, 0.5) is 9.59 Å². The van der Waals surface area contributed by atoms with E-state index in [4.69, 9.17) is 14.6 Å². The van der Waals surface area contributed by atoms with Gasteiger partial charge in [-0.05, 0) is 55.4 Å². The van der Waals surface area contributed by atoms with E-state index in [1.165, 1.54) is 16.8 Å². The number of hydrogen-bond donors (Lipinski definition) is 1. The highest BCUT2D eigenvalue weighted by atomic mass is 16.6. The third-order valence-electron chi connectivity index (χ3n) is 3.10. The summed E-state index contributed by atoms with van der Waals surface area (Å²) in [5.41, 5.74) is -1.01. The van der Waals surface area contributed by atoms with Gasteiger partial charge >= 0.3 is 12.2 Å². The highest BCUT2D eigenvalue weighted by Crippen LogP contribution is 2.11. The largest absolute Gasteiger partial charge is 0.444 e. The molecular weight excluding hydrogens is 340 g/mol. The molecule has 0 aromatic heterocycles. The maximum Gasteiger partial charge on any atom is 0.410 e. The van der Waals surface area contributed by atoms with Crippen molar-refractivity contribution in [1.29, 1.82) is 0 Å². The molecule has 8 heteroatoms. The summed E-state index contributed by atoms with van der Waals surface area (Å²) in [7, 11) is 3.14. The Morgan fingerprint density at radius 3 is 1.54 bits per heavy atom. The number of carbonyl (C=O) groups is 3. The maximum atomic E-state index is 11.4. The van der Waals surface area contributed by atoms with Crippen LogP contribution in [0.1, 0.15) is 55.4 Å². The van der Waals surface area contributed by atoms with Gasteiger partial charge in [0, 0.05) is 14.1 Å². The van der Waals surface area contributed by atoms with E-state index in [1.807, 2.05) is 20.8 Å². The monoisotopic (exact) mass is 376 g/mol. The smallest absolute Gasteiger partial charge is 0.410 e. The van der Waals surface area contributed by atoms with Gasteiger partial charge in [0.25, 0.3) is 0 Å². The van der Waals surface area contributed by atoms with E-state index in [2.05, 4.69) is 0 Å². The standard InChI is InChI=1S/C9H19NO3.C9H17NO3/c2*1-7(6-11)10(5)8(12)13-9(2,3)4/h7,11H,6H2,1-5H3;6-7H,1-5H3/t2*7-/m00/s1. The van der Waals surface area contributed by atoms with E-state index >= 15 is 0 Å². The normalized spacial score (nSPS) is 13.5. The Morgan fingerprint density at radius 1 is 0.923 bits per heavy atom. The Labute approximate surface area is 157 Å². The summed E-state index contributed by atoms with van der Waals surface area (Å²) >= 11 is 0. The molecule has 0 aliphatic carbocycles. The number of aliphatic hydroxyl groups excluding tert-OH is 1. The van der Waals surface area contributed by atoms with E-state index in [1.54, 1.807) is 41.7 Å². The minimum absolute atomic E-state index is 0.0598. The van der Waals surface area contributed by atoms with Gasteiger partial charge in [0.15, 0.2) is 0 Å². The number of carbonyl (C=O) groups excluding carboxylic acids is 3. The number of aliphatic hydroxyl groups is 1. The lowest BCUT2D eigenvalue weighted by molar-refractivity contribution is -0.111. The van der Waals surface area contributed by atoms with Crippen LogP contribution in [0, 0.1) is 0 Å². The first-order valence-corrected chi connectivity index (χ1v) is 8.53. The zero-order valence-corrected chi connectivity index (χ0v) is 17.8. The van der Waals surface area contributed by atoms with Crippen LogP contribution >= 0.6 is 0 Å². The van der Waals surface area contributed by atoms with Gasteiger partial charge in [-0.3, -0.25) is 0 Å². The molecule has 2 atom stereocenters. The topological polar surface area (TPSA) is 96.4 Å². The third kappa shape index (κ3) is 12.5. The van der Waals surface area contributed by atoms with Crippen LogP contribution in [0.3, 0.4) is 0 Å². The Bertz CT molecular complexity index is 454. The molecule has 0 heterocycles. The highest BCUT2D eigenvalue weighted by Gasteiger charge is 2.23. The lowest BCUT2D eigenvalue weighted by Gasteiger charge is -2.27. The molecule has 0 aliphatic rings. The minimum atomic E-state index is -0.520. The van der Waals surface area contributed by atoms with E-state index in [9.17, 15) is 14.4 Å². The summed E-state index contributed by atoms with van der Waals surface area (Å²) in [5.74, 6) is 0. The molecule has 2 amide bonds. The Hall–Kier alpha value is -1.83. The minimum Gasteiger partial charge on any atom is -0.444 e. The summed E-state index contributed by atoms with van der Waals surface area (Å²) in [5, 5.41) is 8.80. The lowest BCUT2D eigenvalue weighted by atomic mass is 10.2. The lowest BCUT2D eigenvalue weighted by Crippen LogP contribution is -2.40. The Morgan fingerprint density at radius 2 is 1.27 bits per heavy atom. The molecule has 8 nitrogen and oxygen atoms in total. The summed E-state index contributed by atoms with van der Waals surface area (Å²) < 4.78 is 10.1. The number of aldehydes is 1. The molecule has 1 N–H and O–H groups in total. The quantitative estimate of drug-likeness (QED) is 0.758. The second-order valence-electron chi connectivity index (χ2n) is 8.09. The van der Waals surface area contributed by atoms with Crippen molar-refractivity contribution in [3.05, 3.63) is 0 Å². The zero-order valence-electron chi connectivity index (χ0n) is 17.8. The number of hydrogen-bond acceptors (Lipinski definition) is 6. The molecule has 154 valence electrons. The Kier molecular flexibility index (Phi) is 11.2. The average Bonchev–Trinajstić information content (AvgIpc) is 2.49. The van der Waals surface area contributed by atoms with Crippen LogP contribution in [0.5, 0.6) is 0 Å². The van der Waals surface area contributed by atoms with E-state index in [0.717, 1.165) is 0 Å². The zero-order chi connectivity index (χ0) is 21.3. The molecule has 0 saturated carbocycles. The summed E-state index contributed by atoms with van der Waals surface area (Å²) in [6.45, 7) is 14.1. The summed E-state index contributed by atoms with van der Waals surface area (Å²) in [6, 6.07) is -0.662. The molecule has 0 spiro atoms. The first-order valence-electron chi connectivity index (χ1n) is 8.53. The molecule has 0 radical (unpaired) electrons. The SMILES string of the molecule is C[C@@H](C=O)N(C)C(=O)OC(C)(C)C.C[C@@H](CO)N(C)C(=O)OC(C)(C)C. The molecule has 0 aliphatic heterocycles. The van der Waals surface area contributed by atoms with Crippen molar-refractivity contribution in [2.75, 3.05) is 20.7 Å². The number of amides is 2. The molecule has 0 fully saturated rings. The van der Waals surface area contributed by atoms with Crippen molar-refractivity contribution < 1.29 is 29.0 Å². The van der Waals surface area contributed by atoms with Crippen molar-refractivity contribution in [3.63, 3.8) is 0 Å². The second-order valence-corrected chi connectivity index (χ2v) is 8.09. The third-order valence-corrected chi connectivity index (χ3v) is 3.10. The first kappa shape index (κ1) is 26.4. The molecule has 0 bridgehead atoms. The van der Waals surface area contributed by atoms with E-state index in [-0.39, 0.29) is 12.6 Å². The number of likely N-dealkylation sites (N-methyl/N-ethyl adjacent to an activating group) is 2. The van der Waals surface area contributed by atoms with Gasteiger partial charge < -0.3 is 29.2 Å². The van der Waals surface area contributed by atoms with Gasteiger partial charge in [-0.25, -0.2) is 9.59 Å². The van der Waals surface area contributed by atoms with Gasteiger partial charge in [-0.15, -0.1) is 0 Å². The van der Waals surface area contributed by atoms with Gasteiger partial charge in [-0.2, -0.15) is 0 Å². The van der Waals surface area contributed by atoms with Crippen LogP contribution in [-0.4, -0.2) is 77.4 Å². The molecule has 0 aromatic carbocycles. The van der Waals surface area contributed by atoms with E-state index < -0.39 is 29.4 Å². The van der Waals surface area contributed by atoms with Crippen molar-refractivity contribution in [2.24, 2.45) is 0 Å². The molecular formula is C18H36N2O6. The summed E-state index contributed by atoms with van der Waals surface area (Å²) in [4.78, 5) is 35.7. The molecule has 26 heavy (non-hydrogen) atoms. The second kappa shape index (κ2) is 11.0. The highest BCUT2D eigenvalue weighted by molar-refractivity contribution is 5.73. The predicted molar refractivity (Wildman–Crippen MR) is 100 cm³/mol. The average molecular weight is 376 g/mol. The fourth-order valence-corrected chi connectivity index (χ4v) is 1.23. The van der Waals surface area contributed by atoms with Crippen molar-refractivity contribution in [1.82, 2.24) is 9.80 Å². The molecule has 0 saturated heterocycles. The van der Waals surface area contributed by atoms with E-state index in [0.29, 0.717) is 6.29 Å². The molecule has 0 aromatic rings. The number of rotatable bonds is 4. The van der Waals surface area contributed by atoms with Crippen LogP contribution in [0.25, 0.3) is 0 Å². The van der Waals surface area contributed by atoms with Crippen molar-refractivity contribution in [3.8, 4) is 0 Å². The summed E-state index contributed by atoms with van der Waals surface area (Å²) in [6.07, 6.45) is -0.189. The van der Waals surface area contributed by atoms with Gasteiger partial charge in [0.2, 0.25) is 0 Å². The van der Waals surface area contributed by atoms with Gasteiger partial charge in [0.1, 0.15) is 17.5 Å².